The van der Waals surface area contributed by atoms with Crippen LogP contribution in [0.15, 0.2) is 164 Å². The summed E-state index contributed by atoms with van der Waals surface area (Å²) < 4.78 is 7.56. The van der Waals surface area contributed by atoms with E-state index in [2.05, 4.69) is 192 Å². The van der Waals surface area contributed by atoms with E-state index in [9.17, 15) is 0 Å². The summed E-state index contributed by atoms with van der Waals surface area (Å²) in [5.74, 6) is 0. The van der Waals surface area contributed by atoms with E-state index < -0.39 is 0 Å². The number of rotatable bonds is 4. The summed E-state index contributed by atoms with van der Waals surface area (Å²) in [4.78, 5) is 0. The van der Waals surface area contributed by atoms with Crippen molar-refractivity contribution >= 4 is 97.9 Å². The molecule has 0 aliphatic carbocycles. The van der Waals surface area contributed by atoms with E-state index in [1.165, 1.54) is 102 Å². The van der Waals surface area contributed by atoms with Crippen molar-refractivity contribution in [1.82, 2.24) is 9.13 Å². The molecule has 2 nitrogen and oxygen atoms in total. The Labute approximate surface area is 310 Å². The second-order valence-corrected chi connectivity index (χ2v) is 15.1. The highest BCUT2D eigenvalue weighted by atomic mass is 32.1. The fraction of sp³-hybridized carbons (Fsp3) is 0.0400. The molecule has 8 aromatic carbocycles. The molecule has 0 saturated heterocycles. The van der Waals surface area contributed by atoms with Crippen LogP contribution in [0.3, 0.4) is 0 Å². The highest BCUT2D eigenvalue weighted by molar-refractivity contribution is 7.25. The Hall–Kier alpha value is -6.42. The molecule has 3 aromatic heterocycles. The quantitative estimate of drug-likeness (QED) is 0.174. The monoisotopic (exact) mass is 694 g/mol. The zero-order valence-corrected chi connectivity index (χ0v) is 30.1. The third kappa shape index (κ3) is 4.64. The Bertz CT molecular complexity index is 3390. The molecule has 0 spiro atoms. The molecule has 3 heteroatoms. The van der Waals surface area contributed by atoms with Crippen molar-refractivity contribution in [3.05, 3.63) is 180 Å². The van der Waals surface area contributed by atoms with Crippen molar-refractivity contribution in [2.75, 3.05) is 0 Å². The van der Waals surface area contributed by atoms with Crippen molar-refractivity contribution in [2.24, 2.45) is 0 Å². The van der Waals surface area contributed by atoms with E-state index in [-0.39, 0.29) is 0 Å². The summed E-state index contributed by atoms with van der Waals surface area (Å²) in [6.45, 7) is 2.18. The predicted molar refractivity (Wildman–Crippen MR) is 230 cm³/mol. The summed E-state index contributed by atoms with van der Waals surface area (Å²) in [7, 11) is 0. The van der Waals surface area contributed by atoms with Gasteiger partial charge in [-0.15, -0.1) is 11.3 Å². The number of fused-ring (bicyclic) bond motifs is 9. The number of thiophene rings is 1. The third-order valence-electron chi connectivity index (χ3n) is 11.1. The van der Waals surface area contributed by atoms with Gasteiger partial charge >= 0.3 is 0 Å². The van der Waals surface area contributed by atoms with Crippen LogP contribution in [-0.4, -0.2) is 9.13 Å². The van der Waals surface area contributed by atoms with Crippen LogP contribution in [0.5, 0.6) is 0 Å². The van der Waals surface area contributed by atoms with Gasteiger partial charge in [0.05, 0.1) is 22.2 Å². The Morgan fingerprint density at radius 1 is 0.472 bits per heavy atom. The lowest BCUT2D eigenvalue weighted by Gasteiger charge is -2.11. The maximum atomic E-state index is 2.49. The summed E-state index contributed by atoms with van der Waals surface area (Å²) in [5.41, 5.74) is 7.40. The van der Waals surface area contributed by atoms with Crippen LogP contribution in [0, 0.1) is 0 Å². The standard InChI is InChI=1S/C50H34N2S/c1-2-44-39(26-22-32-23-27-47-41(28-32)38-17-7-9-19-46(38)51(47)36-25-24-33-12-3-4-14-35(33)29-36)42-30-43-40-18-8-10-21-49(40)53-50(43)31-48(42)52(44)45-20-11-15-34-13-5-6-16-37(34)45/h2-21,23-31H,22H2,1H3/b39-26-,44-2+. The molecule has 0 N–H and O–H groups in total. The van der Waals surface area contributed by atoms with Gasteiger partial charge in [-0.1, -0.05) is 121 Å². The lowest BCUT2D eigenvalue weighted by atomic mass is 10.1. The molecule has 0 aliphatic rings. The van der Waals surface area contributed by atoms with E-state index in [0.29, 0.717) is 0 Å². The highest BCUT2D eigenvalue weighted by Gasteiger charge is 2.16. The van der Waals surface area contributed by atoms with Gasteiger partial charge < -0.3 is 9.13 Å². The predicted octanol–water partition coefficient (Wildman–Crippen LogP) is 12.2. The van der Waals surface area contributed by atoms with Crippen LogP contribution in [0.25, 0.3) is 98.0 Å². The fourth-order valence-electron chi connectivity index (χ4n) is 8.67. The summed E-state index contributed by atoms with van der Waals surface area (Å²) in [6, 6.07) is 60.4. The van der Waals surface area contributed by atoms with E-state index in [4.69, 9.17) is 0 Å². The number of benzene rings is 8. The molecule has 0 amide bonds. The maximum absolute atomic E-state index is 2.49. The Morgan fingerprint density at radius 3 is 2.09 bits per heavy atom. The Morgan fingerprint density at radius 2 is 1.21 bits per heavy atom. The van der Waals surface area contributed by atoms with Gasteiger partial charge in [-0.2, -0.15) is 0 Å². The normalized spacial score (nSPS) is 12.9. The first kappa shape index (κ1) is 30.2. The van der Waals surface area contributed by atoms with Gasteiger partial charge in [-0.3, -0.25) is 0 Å². The minimum absolute atomic E-state index is 0.823. The third-order valence-corrected chi connectivity index (χ3v) is 12.2. The van der Waals surface area contributed by atoms with Gasteiger partial charge in [0.1, 0.15) is 0 Å². The van der Waals surface area contributed by atoms with E-state index in [1.807, 2.05) is 11.3 Å². The number of hydrogen-bond donors (Lipinski definition) is 0. The number of nitrogens with zero attached hydrogens (tertiary/aromatic N) is 2. The smallest absolute Gasteiger partial charge is 0.0555 e. The Kier molecular flexibility index (Phi) is 6.74. The molecule has 0 bridgehead atoms. The molecule has 0 saturated carbocycles. The zero-order valence-electron chi connectivity index (χ0n) is 29.3. The second kappa shape index (κ2) is 11.8. The van der Waals surface area contributed by atoms with Crippen molar-refractivity contribution in [3.8, 4) is 11.4 Å². The van der Waals surface area contributed by atoms with Gasteiger partial charge in [0.25, 0.3) is 0 Å². The van der Waals surface area contributed by atoms with Gasteiger partial charge in [-0.25, -0.2) is 0 Å². The molecule has 0 fully saturated rings. The molecular formula is C50H34N2S. The number of para-hydroxylation sites is 1. The summed E-state index contributed by atoms with van der Waals surface area (Å²) in [5, 5.41) is 14.0. The van der Waals surface area contributed by atoms with Crippen LogP contribution in [0.4, 0.5) is 0 Å². The van der Waals surface area contributed by atoms with Gasteiger partial charge in [0, 0.05) is 58.0 Å². The molecule has 0 atom stereocenters. The largest absolute Gasteiger partial charge is 0.309 e. The number of aromatic nitrogens is 2. The van der Waals surface area contributed by atoms with Gasteiger partial charge in [0.2, 0.25) is 0 Å². The minimum atomic E-state index is 0.823. The van der Waals surface area contributed by atoms with Gasteiger partial charge in [-0.05, 0) is 89.7 Å². The van der Waals surface area contributed by atoms with Crippen LogP contribution in [-0.2, 0) is 6.42 Å². The molecule has 250 valence electrons. The van der Waals surface area contributed by atoms with Gasteiger partial charge in [0.15, 0.2) is 0 Å². The molecule has 11 aromatic rings. The lowest BCUT2D eigenvalue weighted by molar-refractivity contribution is 1.08. The van der Waals surface area contributed by atoms with Crippen molar-refractivity contribution in [1.29, 1.82) is 0 Å². The van der Waals surface area contributed by atoms with Crippen molar-refractivity contribution in [2.45, 2.75) is 13.3 Å². The van der Waals surface area contributed by atoms with Crippen molar-refractivity contribution in [3.63, 3.8) is 0 Å². The Balaban J connectivity index is 1.13. The minimum Gasteiger partial charge on any atom is -0.309 e. The fourth-order valence-corrected chi connectivity index (χ4v) is 9.79. The van der Waals surface area contributed by atoms with Crippen molar-refractivity contribution < 1.29 is 0 Å². The summed E-state index contributed by atoms with van der Waals surface area (Å²) >= 11 is 1.88. The topological polar surface area (TPSA) is 9.86 Å². The number of hydrogen-bond acceptors (Lipinski definition) is 1. The van der Waals surface area contributed by atoms with Crippen LogP contribution in [0.1, 0.15) is 12.5 Å². The first-order valence-corrected chi connectivity index (χ1v) is 19.2. The maximum Gasteiger partial charge on any atom is 0.0555 e. The molecule has 0 radical (unpaired) electrons. The lowest BCUT2D eigenvalue weighted by Crippen LogP contribution is -2.28. The molecular weight excluding hydrogens is 661 g/mol. The molecule has 0 aliphatic heterocycles. The molecule has 0 unspecified atom stereocenters. The first-order chi connectivity index (χ1) is 26.2. The second-order valence-electron chi connectivity index (χ2n) is 14.0. The van der Waals surface area contributed by atoms with E-state index in [0.717, 1.165) is 6.42 Å². The van der Waals surface area contributed by atoms with E-state index in [1.54, 1.807) is 0 Å². The SMILES string of the molecule is C/C=c1\c(=C/Cc2ccc3c(c2)c2ccccc2n3-c2ccc3ccccc3c2)c2cc3c(cc2n1-c1cccc2ccccc12)sc1ccccc13. The van der Waals surface area contributed by atoms with Crippen LogP contribution >= 0.6 is 11.3 Å². The average Bonchev–Trinajstić information content (AvgIpc) is 3.85. The van der Waals surface area contributed by atoms with E-state index >= 15 is 0 Å². The zero-order chi connectivity index (χ0) is 35.0. The van der Waals surface area contributed by atoms with Crippen LogP contribution < -0.4 is 10.6 Å². The molecule has 3 heterocycles. The summed E-state index contributed by atoms with van der Waals surface area (Å²) in [6.07, 6.45) is 5.58. The average molecular weight is 695 g/mol. The first-order valence-electron chi connectivity index (χ1n) is 18.4. The molecule has 53 heavy (non-hydrogen) atoms. The highest BCUT2D eigenvalue weighted by Crippen LogP contribution is 2.37. The van der Waals surface area contributed by atoms with Crippen LogP contribution in [0.2, 0.25) is 0 Å². The molecule has 11 rings (SSSR count).